The van der Waals surface area contributed by atoms with Crippen molar-refractivity contribution in [2.75, 3.05) is 44.2 Å². The zero-order valence-electron chi connectivity index (χ0n) is 17.3. The van der Waals surface area contributed by atoms with Crippen molar-refractivity contribution in [3.63, 3.8) is 0 Å². The minimum Gasteiger partial charge on any atom is -0.371 e. The number of likely N-dealkylation sites (tertiary alicyclic amines) is 1. The highest BCUT2D eigenvalue weighted by molar-refractivity contribution is 6.00. The molecule has 2 amide bonds. The zero-order valence-corrected chi connectivity index (χ0v) is 17.3. The first kappa shape index (κ1) is 20.6. The van der Waals surface area contributed by atoms with E-state index >= 15 is 0 Å². The van der Waals surface area contributed by atoms with Gasteiger partial charge in [-0.1, -0.05) is 18.6 Å². The molecule has 0 atom stereocenters. The Bertz CT molecular complexity index is 677. The van der Waals surface area contributed by atoms with Crippen molar-refractivity contribution in [1.82, 2.24) is 15.5 Å². The number of hydrogen-bond acceptors (Lipinski definition) is 4. The third kappa shape index (κ3) is 5.47. The minimum absolute atomic E-state index is 0.0322. The Kier molecular flexibility index (Phi) is 7.31. The van der Waals surface area contributed by atoms with Gasteiger partial charge in [0.05, 0.1) is 12.1 Å². The summed E-state index contributed by atoms with van der Waals surface area (Å²) in [4.78, 5) is 29.4. The van der Waals surface area contributed by atoms with E-state index in [9.17, 15) is 9.59 Å². The van der Waals surface area contributed by atoms with Crippen LogP contribution in [0, 0.1) is 6.92 Å². The number of anilines is 1. The summed E-state index contributed by atoms with van der Waals surface area (Å²) >= 11 is 0. The first-order valence-corrected chi connectivity index (χ1v) is 10.7. The van der Waals surface area contributed by atoms with Crippen LogP contribution in [-0.4, -0.2) is 62.0 Å². The second-order valence-electron chi connectivity index (χ2n) is 8.09. The molecule has 28 heavy (non-hydrogen) atoms. The summed E-state index contributed by atoms with van der Waals surface area (Å²) in [6.07, 6.45) is 5.12. The van der Waals surface area contributed by atoms with Crippen LogP contribution in [0.4, 0.5) is 5.69 Å². The van der Waals surface area contributed by atoms with E-state index in [1.165, 1.54) is 12.8 Å². The van der Waals surface area contributed by atoms with Gasteiger partial charge in [0, 0.05) is 44.5 Å². The molecule has 6 heteroatoms. The molecule has 0 aromatic heterocycles. The van der Waals surface area contributed by atoms with E-state index in [4.69, 9.17) is 0 Å². The van der Waals surface area contributed by atoms with Crippen molar-refractivity contribution in [1.29, 1.82) is 0 Å². The third-order valence-corrected chi connectivity index (χ3v) is 5.71. The molecule has 2 saturated heterocycles. The first-order valence-electron chi connectivity index (χ1n) is 10.7. The van der Waals surface area contributed by atoms with Crippen molar-refractivity contribution in [2.24, 2.45) is 0 Å². The Hall–Kier alpha value is -2.08. The fraction of sp³-hybridized carbons (Fsp3) is 0.636. The van der Waals surface area contributed by atoms with Gasteiger partial charge in [0.25, 0.3) is 5.91 Å². The van der Waals surface area contributed by atoms with E-state index in [1.807, 2.05) is 13.0 Å². The van der Waals surface area contributed by atoms with Crippen molar-refractivity contribution >= 4 is 17.5 Å². The SMILES string of the molecule is CCCNC(=O)CN1CCC(NC(=O)c2cc(C)ccc2N2CCCC2)CC1. The van der Waals surface area contributed by atoms with Crippen LogP contribution in [0.3, 0.4) is 0 Å². The number of nitrogens with one attached hydrogen (secondary N) is 2. The molecule has 1 aromatic rings. The van der Waals surface area contributed by atoms with E-state index in [0.717, 1.165) is 68.8 Å². The molecule has 2 heterocycles. The van der Waals surface area contributed by atoms with Crippen LogP contribution in [0.1, 0.15) is 54.9 Å². The van der Waals surface area contributed by atoms with E-state index < -0.39 is 0 Å². The van der Waals surface area contributed by atoms with Crippen molar-refractivity contribution in [3.05, 3.63) is 29.3 Å². The maximum Gasteiger partial charge on any atom is 0.253 e. The summed E-state index contributed by atoms with van der Waals surface area (Å²) in [6.45, 7) is 9.03. The molecule has 2 aliphatic heterocycles. The van der Waals surface area contributed by atoms with Crippen LogP contribution in [0.5, 0.6) is 0 Å². The van der Waals surface area contributed by atoms with Gasteiger partial charge in [-0.2, -0.15) is 0 Å². The lowest BCUT2D eigenvalue weighted by atomic mass is 10.0. The van der Waals surface area contributed by atoms with Crippen LogP contribution < -0.4 is 15.5 Å². The molecule has 0 aliphatic carbocycles. The van der Waals surface area contributed by atoms with Gasteiger partial charge in [-0.15, -0.1) is 0 Å². The molecule has 3 rings (SSSR count). The Morgan fingerprint density at radius 3 is 2.50 bits per heavy atom. The number of amides is 2. The Morgan fingerprint density at radius 1 is 1.11 bits per heavy atom. The number of hydrogen-bond donors (Lipinski definition) is 2. The summed E-state index contributed by atoms with van der Waals surface area (Å²) in [5, 5.41) is 6.17. The maximum absolute atomic E-state index is 13.0. The highest BCUT2D eigenvalue weighted by Gasteiger charge is 2.25. The predicted molar refractivity (Wildman–Crippen MR) is 113 cm³/mol. The third-order valence-electron chi connectivity index (χ3n) is 5.71. The lowest BCUT2D eigenvalue weighted by Gasteiger charge is -2.32. The van der Waals surface area contributed by atoms with Gasteiger partial charge in [-0.05, 0) is 51.2 Å². The van der Waals surface area contributed by atoms with Gasteiger partial charge in [0.15, 0.2) is 0 Å². The predicted octanol–water partition coefficient (Wildman–Crippen LogP) is 2.32. The van der Waals surface area contributed by atoms with Crippen LogP contribution in [-0.2, 0) is 4.79 Å². The lowest BCUT2D eigenvalue weighted by Crippen LogP contribution is -2.47. The standard InChI is InChI=1S/C22H34N4O2/c1-3-10-23-21(27)16-25-13-8-18(9-14-25)24-22(28)19-15-17(2)6-7-20(19)26-11-4-5-12-26/h6-7,15,18H,3-5,8-14,16H2,1-2H3,(H,23,27)(H,24,28). The average Bonchev–Trinajstić information content (AvgIpc) is 3.22. The van der Waals surface area contributed by atoms with E-state index in [0.29, 0.717) is 6.54 Å². The lowest BCUT2D eigenvalue weighted by molar-refractivity contribution is -0.122. The Balaban J connectivity index is 1.53. The largest absolute Gasteiger partial charge is 0.371 e. The monoisotopic (exact) mass is 386 g/mol. The number of benzene rings is 1. The summed E-state index contributed by atoms with van der Waals surface area (Å²) < 4.78 is 0. The second kappa shape index (κ2) is 9.92. The highest BCUT2D eigenvalue weighted by Crippen LogP contribution is 2.26. The molecule has 0 spiro atoms. The van der Waals surface area contributed by atoms with Crippen molar-refractivity contribution in [3.8, 4) is 0 Å². The molecule has 6 nitrogen and oxygen atoms in total. The normalized spacial score (nSPS) is 18.3. The number of piperidine rings is 1. The van der Waals surface area contributed by atoms with Crippen LogP contribution in [0.15, 0.2) is 18.2 Å². The number of carbonyl (C=O) groups excluding carboxylic acids is 2. The molecule has 0 saturated carbocycles. The van der Waals surface area contributed by atoms with Crippen LogP contribution in [0.2, 0.25) is 0 Å². The smallest absolute Gasteiger partial charge is 0.253 e. The molecular formula is C22H34N4O2. The highest BCUT2D eigenvalue weighted by atomic mass is 16.2. The summed E-state index contributed by atoms with van der Waals surface area (Å²) in [6, 6.07) is 6.37. The molecule has 2 N–H and O–H groups in total. The average molecular weight is 387 g/mol. The van der Waals surface area contributed by atoms with E-state index in [1.54, 1.807) is 0 Å². The minimum atomic E-state index is 0.0322. The Morgan fingerprint density at radius 2 is 1.82 bits per heavy atom. The topological polar surface area (TPSA) is 64.7 Å². The molecule has 0 bridgehead atoms. The van der Waals surface area contributed by atoms with Crippen LogP contribution in [0.25, 0.3) is 0 Å². The summed E-state index contributed by atoms with van der Waals surface area (Å²) in [5.74, 6) is 0.129. The van der Waals surface area contributed by atoms with Gasteiger partial charge in [0.1, 0.15) is 0 Å². The van der Waals surface area contributed by atoms with Gasteiger partial charge in [-0.25, -0.2) is 0 Å². The van der Waals surface area contributed by atoms with Crippen molar-refractivity contribution in [2.45, 2.75) is 52.0 Å². The number of nitrogens with zero attached hydrogens (tertiary/aromatic N) is 2. The number of carbonyl (C=O) groups is 2. The van der Waals surface area contributed by atoms with Gasteiger partial charge >= 0.3 is 0 Å². The summed E-state index contributed by atoms with van der Waals surface area (Å²) in [7, 11) is 0. The fourth-order valence-electron chi connectivity index (χ4n) is 4.09. The molecular weight excluding hydrogens is 352 g/mol. The molecule has 0 unspecified atom stereocenters. The molecule has 1 aromatic carbocycles. The van der Waals surface area contributed by atoms with Gasteiger partial charge in [-0.3, -0.25) is 14.5 Å². The first-order chi connectivity index (χ1) is 13.6. The second-order valence-corrected chi connectivity index (χ2v) is 8.09. The maximum atomic E-state index is 13.0. The number of rotatable bonds is 7. The fourth-order valence-corrected chi connectivity index (χ4v) is 4.09. The summed E-state index contributed by atoms with van der Waals surface area (Å²) in [5.41, 5.74) is 2.97. The van der Waals surface area contributed by atoms with E-state index in [2.05, 4.69) is 39.5 Å². The Labute approximate surface area is 168 Å². The molecule has 154 valence electrons. The number of aryl methyl sites for hydroxylation is 1. The molecule has 2 fully saturated rings. The van der Waals surface area contributed by atoms with Gasteiger partial charge in [0.2, 0.25) is 5.91 Å². The quantitative estimate of drug-likeness (QED) is 0.755. The van der Waals surface area contributed by atoms with Crippen LogP contribution >= 0.6 is 0 Å². The van der Waals surface area contributed by atoms with Gasteiger partial charge < -0.3 is 15.5 Å². The van der Waals surface area contributed by atoms with Crippen molar-refractivity contribution < 1.29 is 9.59 Å². The molecule has 0 radical (unpaired) electrons. The zero-order chi connectivity index (χ0) is 19.9. The van der Waals surface area contributed by atoms with E-state index in [-0.39, 0.29) is 17.9 Å². The molecule has 2 aliphatic rings.